The molecule has 32 heavy (non-hydrogen) atoms. The van der Waals surface area contributed by atoms with Gasteiger partial charge in [-0.1, -0.05) is 20.3 Å². The Morgan fingerprint density at radius 1 is 1.12 bits per heavy atom. The molecule has 4 rings (SSSR count). The zero-order chi connectivity index (χ0) is 23.4. The predicted molar refractivity (Wildman–Crippen MR) is 128 cm³/mol. The van der Waals surface area contributed by atoms with Crippen LogP contribution in [0, 0.1) is 13.8 Å². The van der Waals surface area contributed by atoms with E-state index in [1.807, 2.05) is 62.0 Å². The lowest BCUT2D eigenvalue weighted by Crippen LogP contribution is -2.18. The second-order valence-electron chi connectivity index (χ2n) is 8.07. The molecular formula is C25H33N5O2. The predicted octanol–water partition coefficient (Wildman–Crippen LogP) is 5.27. The molecule has 2 unspecified atom stereocenters. The molecule has 0 saturated carbocycles. The van der Waals surface area contributed by atoms with Crippen molar-refractivity contribution in [3.63, 3.8) is 0 Å². The van der Waals surface area contributed by atoms with Crippen molar-refractivity contribution >= 4 is 11.2 Å². The summed E-state index contributed by atoms with van der Waals surface area (Å²) in [4.78, 5) is 9.78. The highest BCUT2D eigenvalue weighted by Crippen LogP contribution is 2.34. The van der Waals surface area contributed by atoms with Crippen LogP contribution in [0.5, 0.6) is 5.75 Å². The fourth-order valence-corrected chi connectivity index (χ4v) is 3.52. The minimum absolute atomic E-state index is 0.0892. The smallest absolute Gasteiger partial charge is 0.159 e. The van der Waals surface area contributed by atoms with Crippen LogP contribution in [0.2, 0.25) is 0 Å². The van der Waals surface area contributed by atoms with Crippen molar-refractivity contribution in [1.29, 1.82) is 0 Å². The van der Waals surface area contributed by atoms with E-state index in [9.17, 15) is 5.11 Å². The molecule has 0 bridgehead atoms. The standard InChI is InChI=1S/C22H25N5O2.C3H8/c1-13-12-26(15(3)16(4)28)22-20(13)25-21(14(2)24-22)18-8-7-17(11-19(18)29-5)27-10-6-9-23-27;1-3-2/h6-12,15-16,28H,1-5H3;3H2,1-2H3. The molecule has 0 amide bonds. The van der Waals surface area contributed by atoms with Gasteiger partial charge in [0, 0.05) is 30.2 Å². The molecule has 3 aromatic heterocycles. The maximum absolute atomic E-state index is 10.0. The molecule has 0 aliphatic carbocycles. The van der Waals surface area contributed by atoms with Crippen LogP contribution in [0.25, 0.3) is 28.1 Å². The third kappa shape index (κ3) is 4.53. The Hall–Kier alpha value is -3.19. The summed E-state index contributed by atoms with van der Waals surface area (Å²) in [7, 11) is 1.65. The summed E-state index contributed by atoms with van der Waals surface area (Å²) in [6, 6.07) is 7.72. The Morgan fingerprint density at radius 3 is 2.44 bits per heavy atom. The van der Waals surface area contributed by atoms with Crippen LogP contribution >= 0.6 is 0 Å². The van der Waals surface area contributed by atoms with Gasteiger partial charge in [0.15, 0.2) is 5.65 Å². The lowest BCUT2D eigenvalue weighted by atomic mass is 10.1. The summed E-state index contributed by atoms with van der Waals surface area (Å²) in [5.41, 5.74) is 6.02. The number of hydrogen-bond acceptors (Lipinski definition) is 5. The van der Waals surface area contributed by atoms with Crippen molar-refractivity contribution in [3.05, 3.63) is 54.1 Å². The number of aliphatic hydroxyl groups is 1. The maximum atomic E-state index is 10.0. The van der Waals surface area contributed by atoms with E-state index in [1.54, 1.807) is 24.9 Å². The third-order valence-electron chi connectivity index (χ3n) is 5.35. The molecule has 1 N–H and O–H groups in total. The topological polar surface area (TPSA) is 78.0 Å². The first kappa shape index (κ1) is 23.5. The Kier molecular flexibility index (Phi) is 7.30. The highest BCUT2D eigenvalue weighted by atomic mass is 16.5. The Morgan fingerprint density at radius 2 is 1.84 bits per heavy atom. The molecule has 0 radical (unpaired) electrons. The second kappa shape index (κ2) is 9.96. The minimum Gasteiger partial charge on any atom is -0.496 e. The molecule has 1 aromatic carbocycles. The molecule has 4 aromatic rings. The second-order valence-corrected chi connectivity index (χ2v) is 8.07. The van der Waals surface area contributed by atoms with E-state index in [-0.39, 0.29) is 6.04 Å². The maximum Gasteiger partial charge on any atom is 0.159 e. The van der Waals surface area contributed by atoms with Gasteiger partial charge in [0.05, 0.1) is 36.3 Å². The molecule has 0 fully saturated rings. The summed E-state index contributed by atoms with van der Waals surface area (Å²) in [6.07, 6.45) is 6.40. The van der Waals surface area contributed by atoms with E-state index in [4.69, 9.17) is 14.7 Å². The molecular weight excluding hydrogens is 402 g/mol. The summed E-state index contributed by atoms with van der Waals surface area (Å²) >= 11 is 0. The van der Waals surface area contributed by atoms with Gasteiger partial charge >= 0.3 is 0 Å². The normalized spacial score (nSPS) is 12.9. The highest BCUT2D eigenvalue weighted by molar-refractivity contribution is 5.81. The van der Waals surface area contributed by atoms with E-state index in [0.717, 1.165) is 39.4 Å². The van der Waals surface area contributed by atoms with Gasteiger partial charge in [0.1, 0.15) is 11.3 Å². The fourth-order valence-electron chi connectivity index (χ4n) is 3.52. The molecule has 2 atom stereocenters. The van der Waals surface area contributed by atoms with Crippen molar-refractivity contribution in [2.45, 2.75) is 60.1 Å². The lowest BCUT2D eigenvalue weighted by Gasteiger charge is -2.18. The molecule has 0 saturated heterocycles. The van der Waals surface area contributed by atoms with Crippen LogP contribution in [0.4, 0.5) is 0 Å². The minimum atomic E-state index is -0.485. The van der Waals surface area contributed by atoms with Crippen LogP contribution in [0.3, 0.4) is 0 Å². The first-order chi connectivity index (χ1) is 15.3. The Labute approximate surface area is 189 Å². The Balaban J connectivity index is 0.000000913. The van der Waals surface area contributed by atoms with Crippen LogP contribution in [0.1, 0.15) is 51.4 Å². The average Bonchev–Trinajstić information content (AvgIpc) is 3.41. The van der Waals surface area contributed by atoms with E-state index < -0.39 is 6.10 Å². The summed E-state index contributed by atoms with van der Waals surface area (Å²) in [6.45, 7) is 12.0. The number of nitrogens with zero attached hydrogens (tertiary/aromatic N) is 5. The number of aromatic nitrogens is 5. The molecule has 7 heteroatoms. The number of methoxy groups -OCH3 is 1. The van der Waals surface area contributed by atoms with Gasteiger partial charge in [-0.2, -0.15) is 5.10 Å². The summed E-state index contributed by atoms with van der Waals surface area (Å²) in [5, 5.41) is 14.3. The Bertz CT molecular complexity index is 1180. The van der Waals surface area contributed by atoms with Gasteiger partial charge in [-0.3, -0.25) is 0 Å². The number of ether oxygens (including phenoxy) is 1. The van der Waals surface area contributed by atoms with Crippen molar-refractivity contribution in [2.24, 2.45) is 0 Å². The molecule has 3 heterocycles. The first-order valence-corrected chi connectivity index (χ1v) is 11.0. The van der Waals surface area contributed by atoms with Crippen LogP contribution in [-0.2, 0) is 0 Å². The molecule has 7 nitrogen and oxygen atoms in total. The lowest BCUT2D eigenvalue weighted by molar-refractivity contribution is 0.141. The number of hydrogen-bond donors (Lipinski definition) is 1. The number of benzene rings is 1. The number of aryl methyl sites for hydroxylation is 2. The molecule has 0 spiro atoms. The van der Waals surface area contributed by atoms with Gasteiger partial charge in [-0.25, -0.2) is 14.6 Å². The number of rotatable bonds is 5. The largest absolute Gasteiger partial charge is 0.496 e. The fraction of sp³-hybridized carbons (Fsp3) is 0.400. The SMILES string of the molecule is CCC.COc1cc(-n2cccn2)ccc1-c1nc2c(C)cn(C(C)C(C)O)c2nc1C. The third-order valence-corrected chi connectivity index (χ3v) is 5.35. The zero-order valence-electron chi connectivity index (χ0n) is 20.0. The van der Waals surface area contributed by atoms with Crippen molar-refractivity contribution in [2.75, 3.05) is 7.11 Å². The van der Waals surface area contributed by atoms with Gasteiger partial charge in [-0.15, -0.1) is 0 Å². The van der Waals surface area contributed by atoms with Gasteiger partial charge in [0.25, 0.3) is 0 Å². The van der Waals surface area contributed by atoms with Crippen molar-refractivity contribution < 1.29 is 9.84 Å². The van der Waals surface area contributed by atoms with E-state index in [2.05, 4.69) is 18.9 Å². The monoisotopic (exact) mass is 435 g/mol. The highest BCUT2D eigenvalue weighted by Gasteiger charge is 2.20. The molecule has 0 aliphatic rings. The molecule has 0 aliphatic heterocycles. The number of aliphatic hydroxyl groups excluding tert-OH is 1. The zero-order valence-corrected chi connectivity index (χ0v) is 20.0. The van der Waals surface area contributed by atoms with Crippen LogP contribution < -0.4 is 4.74 Å². The van der Waals surface area contributed by atoms with Gasteiger partial charge in [0.2, 0.25) is 0 Å². The van der Waals surface area contributed by atoms with Gasteiger partial charge < -0.3 is 14.4 Å². The van der Waals surface area contributed by atoms with Crippen LogP contribution in [0.15, 0.2) is 42.9 Å². The van der Waals surface area contributed by atoms with Crippen LogP contribution in [-0.4, -0.2) is 42.6 Å². The van der Waals surface area contributed by atoms with E-state index in [1.165, 1.54) is 6.42 Å². The first-order valence-electron chi connectivity index (χ1n) is 11.0. The van der Waals surface area contributed by atoms with Crippen molar-refractivity contribution in [1.82, 2.24) is 24.3 Å². The average molecular weight is 436 g/mol. The molecule has 170 valence electrons. The van der Waals surface area contributed by atoms with Crippen molar-refractivity contribution in [3.8, 4) is 22.7 Å². The summed E-state index contributed by atoms with van der Waals surface area (Å²) in [5.74, 6) is 0.712. The van der Waals surface area contributed by atoms with E-state index in [0.29, 0.717) is 5.75 Å². The van der Waals surface area contributed by atoms with Gasteiger partial charge in [-0.05, 0) is 51.5 Å². The van der Waals surface area contributed by atoms with E-state index >= 15 is 0 Å². The number of fused-ring (bicyclic) bond motifs is 1. The quantitative estimate of drug-likeness (QED) is 0.462. The summed E-state index contributed by atoms with van der Waals surface area (Å²) < 4.78 is 9.45.